The van der Waals surface area contributed by atoms with Gasteiger partial charge in [0.05, 0.1) is 5.69 Å². The summed E-state index contributed by atoms with van der Waals surface area (Å²) in [5.74, 6) is 2.29. The van der Waals surface area contributed by atoms with Crippen molar-refractivity contribution in [1.82, 2.24) is 15.6 Å². The Kier molecular flexibility index (Phi) is 6.41. The highest BCUT2D eigenvalue weighted by molar-refractivity contribution is 5.79. The number of oxazole rings is 1. The SMILES string of the molecule is CCNC(=NCc1nc(C)c(C)o1)NCCc1ccc(C)cc1C. The number of hydrogen-bond donors (Lipinski definition) is 2. The van der Waals surface area contributed by atoms with Crippen LogP contribution in [0.5, 0.6) is 0 Å². The Morgan fingerprint density at radius 1 is 1.17 bits per heavy atom. The van der Waals surface area contributed by atoms with Crippen LogP contribution in [0.4, 0.5) is 0 Å². The Balaban J connectivity index is 1.91. The second-order valence-electron chi connectivity index (χ2n) is 6.05. The summed E-state index contributed by atoms with van der Waals surface area (Å²) in [7, 11) is 0. The van der Waals surface area contributed by atoms with Crippen LogP contribution in [0.3, 0.4) is 0 Å². The molecule has 0 aliphatic heterocycles. The van der Waals surface area contributed by atoms with Crippen molar-refractivity contribution in [2.24, 2.45) is 4.99 Å². The number of benzene rings is 1. The number of aryl methyl sites for hydroxylation is 4. The van der Waals surface area contributed by atoms with Crippen molar-refractivity contribution >= 4 is 5.96 Å². The zero-order valence-electron chi connectivity index (χ0n) is 15.4. The molecule has 0 aliphatic rings. The average Bonchev–Trinajstić information content (AvgIpc) is 2.85. The minimum absolute atomic E-state index is 0.438. The molecular weight excluding hydrogens is 300 g/mol. The van der Waals surface area contributed by atoms with Crippen LogP contribution in [0.25, 0.3) is 0 Å². The van der Waals surface area contributed by atoms with E-state index in [-0.39, 0.29) is 0 Å². The van der Waals surface area contributed by atoms with Crippen LogP contribution in [-0.2, 0) is 13.0 Å². The summed E-state index contributed by atoms with van der Waals surface area (Å²) in [6.45, 7) is 12.3. The van der Waals surface area contributed by atoms with Gasteiger partial charge in [0, 0.05) is 13.1 Å². The average molecular weight is 328 g/mol. The normalized spacial score (nSPS) is 11.6. The van der Waals surface area contributed by atoms with E-state index < -0.39 is 0 Å². The van der Waals surface area contributed by atoms with Gasteiger partial charge in [-0.05, 0) is 52.2 Å². The monoisotopic (exact) mass is 328 g/mol. The third-order valence-corrected chi connectivity index (χ3v) is 3.97. The molecule has 0 saturated heterocycles. The number of hydrogen-bond acceptors (Lipinski definition) is 3. The van der Waals surface area contributed by atoms with Crippen molar-refractivity contribution in [3.8, 4) is 0 Å². The van der Waals surface area contributed by atoms with Crippen molar-refractivity contribution < 1.29 is 4.42 Å². The summed E-state index contributed by atoms with van der Waals surface area (Å²) < 4.78 is 5.57. The molecule has 24 heavy (non-hydrogen) atoms. The molecular formula is C19H28N4O. The zero-order chi connectivity index (χ0) is 17.5. The first-order valence-corrected chi connectivity index (χ1v) is 8.50. The first-order chi connectivity index (χ1) is 11.5. The molecule has 2 aromatic rings. The molecule has 0 radical (unpaired) electrons. The molecule has 0 bridgehead atoms. The van der Waals surface area contributed by atoms with Gasteiger partial charge in [-0.15, -0.1) is 0 Å². The summed E-state index contributed by atoms with van der Waals surface area (Å²) in [5.41, 5.74) is 4.93. The van der Waals surface area contributed by atoms with Gasteiger partial charge in [0.15, 0.2) is 5.96 Å². The second kappa shape index (κ2) is 8.52. The Hall–Kier alpha value is -2.30. The second-order valence-corrected chi connectivity index (χ2v) is 6.05. The Morgan fingerprint density at radius 3 is 2.58 bits per heavy atom. The summed E-state index contributed by atoms with van der Waals surface area (Å²) >= 11 is 0. The lowest BCUT2D eigenvalue weighted by Gasteiger charge is -2.12. The molecule has 0 atom stereocenters. The van der Waals surface area contributed by atoms with Gasteiger partial charge in [-0.1, -0.05) is 23.8 Å². The van der Waals surface area contributed by atoms with E-state index in [4.69, 9.17) is 4.42 Å². The van der Waals surface area contributed by atoms with Gasteiger partial charge in [-0.2, -0.15) is 0 Å². The fourth-order valence-corrected chi connectivity index (χ4v) is 2.54. The van der Waals surface area contributed by atoms with Gasteiger partial charge >= 0.3 is 0 Å². The molecule has 0 unspecified atom stereocenters. The molecule has 5 heteroatoms. The van der Waals surface area contributed by atoms with Gasteiger partial charge in [0.1, 0.15) is 12.3 Å². The van der Waals surface area contributed by atoms with E-state index in [1.807, 2.05) is 13.8 Å². The molecule has 0 aliphatic carbocycles. The molecule has 1 aromatic carbocycles. The maximum Gasteiger partial charge on any atom is 0.216 e. The lowest BCUT2D eigenvalue weighted by molar-refractivity contribution is 0.473. The van der Waals surface area contributed by atoms with Crippen LogP contribution >= 0.6 is 0 Å². The van der Waals surface area contributed by atoms with Gasteiger partial charge in [-0.3, -0.25) is 0 Å². The maximum atomic E-state index is 5.57. The number of nitrogens with one attached hydrogen (secondary N) is 2. The summed E-state index contributed by atoms with van der Waals surface area (Å²) in [6, 6.07) is 6.59. The number of guanidine groups is 1. The topological polar surface area (TPSA) is 62.5 Å². The Labute approximate surface area is 144 Å². The number of aromatic nitrogens is 1. The molecule has 2 rings (SSSR count). The standard InChI is InChI=1S/C19H28N4O/c1-6-20-19(22-12-18-23-15(4)16(5)24-18)21-10-9-17-8-7-13(2)11-14(17)3/h7-8,11H,6,9-10,12H2,1-5H3,(H2,20,21,22). The molecule has 0 spiro atoms. The van der Waals surface area contributed by atoms with Crippen LogP contribution in [0.2, 0.25) is 0 Å². The summed E-state index contributed by atoms with van der Waals surface area (Å²) in [6.07, 6.45) is 0.966. The van der Waals surface area contributed by atoms with E-state index in [1.54, 1.807) is 0 Å². The van der Waals surface area contributed by atoms with Crippen LogP contribution in [-0.4, -0.2) is 24.0 Å². The van der Waals surface area contributed by atoms with Gasteiger partial charge in [0.25, 0.3) is 0 Å². The lowest BCUT2D eigenvalue weighted by Crippen LogP contribution is -2.38. The fraction of sp³-hybridized carbons (Fsp3) is 0.474. The first kappa shape index (κ1) is 18.0. The molecule has 2 N–H and O–H groups in total. The molecule has 1 aromatic heterocycles. The highest BCUT2D eigenvalue weighted by Crippen LogP contribution is 2.11. The minimum atomic E-state index is 0.438. The third kappa shape index (κ3) is 5.11. The minimum Gasteiger partial charge on any atom is -0.444 e. The number of rotatable bonds is 6. The van der Waals surface area contributed by atoms with E-state index in [9.17, 15) is 0 Å². The maximum absolute atomic E-state index is 5.57. The molecule has 0 saturated carbocycles. The van der Waals surface area contributed by atoms with E-state index >= 15 is 0 Å². The van der Waals surface area contributed by atoms with Crippen molar-refractivity contribution in [1.29, 1.82) is 0 Å². The van der Waals surface area contributed by atoms with Crippen LogP contribution in [0.15, 0.2) is 27.6 Å². The zero-order valence-corrected chi connectivity index (χ0v) is 15.4. The van der Waals surface area contributed by atoms with Crippen molar-refractivity contribution in [2.75, 3.05) is 13.1 Å². The number of nitrogens with zero attached hydrogens (tertiary/aromatic N) is 2. The predicted molar refractivity (Wildman–Crippen MR) is 98.4 cm³/mol. The molecule has 0 amide bonds. The van der Waals surface area contributed by atoms with Crippen molar-refractivity contribution in [2.45, 2.75) is 47.6 Å². The quantitative estimate of drug-likeness (QED) is 0.631. The third-order valence-electron chi connectivity index (χ3n) is 3.97. The first-order valence-electron chi connectivity index (χ1n) is 8.50. The van der Waals surface area contributed by atoms with Crippen LogP contribution < -0.4 is 10.6 Å². The Bertz CT molecular complexity index is 684. The van der Waals surface area contributed by atoms with Gasteiger partial charge in [0.2, 0.25) is 5.89 Å². The van der Waals surface area contributed by atoms with E-state index in [2.05, 4.69) is 59.6 Å². The molecule has 5 nitrogen and oxygen atoms in total. The van der Waals surface area contributed by atoms with E-state index in [0.717, 1.165) is 36.9 Å². The van der Waals surface area contributed by atoms with Crippen LogP contribution in [0, 0.1) is 27.7 Å². The number of aliphatic imine (C=N–C) groups is 1. The highest BCUT2D eigenvalue weighted by atomic mass is 16.4. The van der Waals surface area contributed by atoms with Crippen LogP contribution in [0.1, 0.15) is 41.0 Å². The van der Waals surface area contributed by atoms with Gasteiger partial charge < -0.3 is 15.1 Å². The molecule has 0 fully saturated rings. The Morgan fingerprint density at radius 2 is 1.96 bits per heavy atom. The summed E-state index contributed by atoms with van der Waals surface area (Å²) in [4.78, 5) is 8.90. The summed E-state index contributed by atoms with van der Waals surface area (Å²) in [5, 5.41) is 6.63. The smallest absolute Gasteiger partial charge is 0.216 e. The van der Waals surface area contributed by atoms with Crippen molar-refractivity contribution in [3.63, 3.8) is 0 Å². The molecule has 1 heterocycles. The largest absolute Gasteiger partial charge is 0.444 e. The van der Waals surface area contributed by atoms with Gasteiger partial charge in [-0.25, -0.2) is 9.98 Å². The van der Waals surface area contributed by atoms with Crippen molar-refractivity contribution in [3.05, 3.63) is 52.2 Å². The highest BCUT2D eigenvalue weighted by Gasteiger charge is 2.05. The molecule has 130 valence electrons. The lowest BCUT2D eigenvalue weighted by atomic mass is 10.0. The van der Waals surface area contributed by atoms with E-state index in [1.165, 1.54) is 16.7 Å². The fourth-order valence-electron chi connectivity index (χ4n) is 2.54. The predicted octanol–water partition coefficient (Wildman–Crippen LogP) is 3.21. The van der Waals surface area contributed by atoms with E-state index in [0.29, 0.717) is 12.4 Å².